The van der Waals surface area contributed by atoms with Gasteiger partial charge in [0.05, 0.1) is 5.69 Å². The van der Waals surface area contributed by atoms with Gasteiger partial charge >= 0.3 is 0 Å². The van der Waals surface area contributed by atoms with Crippen molar-refractivity contribution < 1.29 is 9.18 Å². The number of hydrogen-bond donors (Lipinski definition) is 2. The van der Waals surface area contributed by atoms with E-state index in [1.165, 1.54) is 12.1 Å². The van der Waals surface area contributed by atoms with E-state index in [4.69, 9.17) is 5.73 Å². The van der Waals surface area contributed by atoms with Crippen LogP contribution in [-0.4, -0.2) is 11.9 Å². The molecule has 3 N–H and O–H groups in total. The van der Waals surface area contributed by atoms with Crippen LogP contribution in [0.25, 0.3) is 0 Å². The number of nitrogen functional groups attached to an aromatic ring is 1. The molecule has 4 heteroatoms. The lowest BCUT2D eigenvalue weighted by atomic mass is 10.2. The third-order valence-corrected chi connectivity index (χ3v) is 3.16. The Morgan fingerprint density at radius 2 is 2.35 bits per heavy atom. The third-order valence-electron chi connectivity index (χ3n) is 3.16. The van der Waals surface area contributed by atoms with Gasteiger partial charge in [-0.2, -0.15) is 0 Å². The molecule has 1 aliphatic rings. The van der Waals surface area contributed by atoms with Crippen LogP contribution in [0.4, 0.5) is 10.1 Å². The number of carbonyl (C=O) groups excluding carboxylic acids is 1. The van der Waals surface area contributed by atoms with Crippen molar-refractivity contribution in [3.8, 4) is 0 Å². The topological polar surface area (TPSA) is 55.1 Å². The molecule has 2 atom stereocenters. The molecule has 0 bridgehead atoms. The molecule has 2 rings (SSSR count). The van der Waals surface area contributed by atoms with E-state index >= 15 is 0 Å². The van der Waals surface area contributed by atoms with Crippen LogP contribution < -0.4 is 11.1 Å². The van der Waals surface area contributed by atoms with Crippen LogP contribution in [0.2, 0.25) is 0 Å². The zero-order chi connectivity index (χ0) is 12.4. The van der Waals surface area contributed by atoms with Crippen molar-refractivity contribution in [3.63, 3.8) is 0 Å². The number of amides is 1. The van der Waals surface area contributed by atoms with Crippen LogP contribution in [0.15, 0.2) is 18.2 Å². The molecule has 92 valence electrons. The van der Waals surface area contributed by atoms with Crippen molar-refractivity contribution in [2.75, 3.05) is 5.73 Å². The Morgan fingerprint density at radius 1 is 1.59 bits per heavy atom. The Hall–Kier alpha value is -1.58. The number of hydrogen-bond acceptors (Lipinski definition) is 2. The van der Waals surface area contributed by atoms with Crippen LogP contribution >= 0.6 is 0 Å². The molecule has 0 spiro atoms. The van der Waals surface area contributed by atoms with Crippen LogP contribution in [0, 0.1) is 11.7 Å². The molecule has 0 aliphatic heterocycles. The maximum absolute atomic E-state index is 13.2. The van der Waals surface area contributed by atoms with E-state index in [1.54, 1.807) is 6.07 Å². The Morgan fingerprint density at radius 3 is 3.00 bits per heavy atom. The van der Waals surface area contributed by atoms with Crippen LogP contribution in [0.1, 0.15) is 36.5 Å². The lowest BCUT2D eigenvalue weighted by molar-refractivity contribution is 0.0948. The third kappa shape index (κ3) is 2.75. The van der Waals surface area contributed by atoms with Gasteiger partial charge in [-0.1, -0.05) is 13.3 Å². The van der Waals surface area contributed by atoms with Gasteiger partial charge in [0.1, 0.15) is 5.82 Å². The van der Waals surface area contributed by atoms with E-state index in [0.717, 1.165) is 19.3 Å². The predicted molar refractivity (Wildman–Crippen MR) is 65.1 cm³/mol. The lowest BCUT2D eigenvalue weighted by Gasteiger charge is -2.05. The predicted octanol–water partition coefficient (Wildman–Crippen LogP) is 2.33. The average molecular weight is 236 g/mol. The number of anilines is 1. The summed E-state index contributed by atoms with van der Waals surface area (Å²) in [5.74, 6) is -0.159. The average Bonchev–Trinajstić information content (AvgIpc) is 3.01. The second-order valence-electron chi connectivity index (χ2n) is 4.60. The maximum atomic E-state index is 13.2. The van der Waals surface area contributed by atoms with Crippen molar-refractivity contribution in [3.05, 3.63) is 29.6 Å². The molecule has 0 heterocycles. The molecule has 2 unspecified atom stereocenters. The highest BCUT2D eigenvalue weighted by molar-refractivity contribution is 5.94. The molecular weight excluding hydrogens is 219 g/mol. The number of nitrogens with one attached hydrogen (secondary N) is 1. The van der Waals surface area contributed by atoms with Crippen molar-refractivity contribution in [1.29, 1.82) is 0 Å². The minimum atomic E-state index is -0.543. The van der Waals surface area contributed by atoms with Crippen LogP contribution in [0.5, 0.6) is 0 Å². The van der Waals surface area contributed by atoms with Gasteiger partial charge in [0.2, 0.25) is 0 Å². The van der Waals surface area contributed by atoms with Gasteiger partial charge in [-0.25, -0.2) is 4.39 Å². The fraction of sp³-hybridized carbons (Fsp3) is 0.462. The quantitative estimate of drug-likeness (QED) is 0.788. The Balaban J connectivity index is 1.94. The highest BCUT2D eigenvalue weighted by Crippen LogP contribution is 2.34. The van der Waals surface area contributed by atoms with E-state index in [1.807, 2.05) is 0 Å². The molecular formula is C13H17FN2O. The van der Waals surface area contributed by atoms with Crippen molar-refractivity contribution in [1.82, 2.24) is 5.32 Å². The minimum Gasteiger partial charge on any atom is -0.396 e. The molecule has 17 heavy (non-hydrogen) atoms. The first kappa shape index (κ1) is 11.9. The van der Waals surface area contributed by atoms with Crippen LogP contribution in [0.3, 0.4) is 0 Å². The number of carbonyl (C=O) groups is 1. The van der Waals surface area contributed by atoms with E-state index in [-0.39, 0.29) is 17.6 Å². The molecule has 1 amide bonds. The molecule has 0 saturated heterocycles. The fourth-order valence-electron chi connectivity index (χ4n) is 2.03. The number of benzene rings is 1. The number of rotatable bonds is 4. The number of nitrogens with two attached hydrogens (primary N) is 1. The highest BCUT2D eigenvalue weighted by Gasteiger charge is 2.37. The summed E-state index contributed by atoms with van der Waals surface area (Å²) in [7, 11) is 0. The number of halogens is 1. The van der Waals surface area contributed by atoms with E-state index in [0.29, 0.717) is 11.5 Å². The van der Waals surface area contributed by atoms with Gasteiger partial charge in [0.25, 0.3) is 5.91 Å². The lowest BCUT2D eigenvalue weighted by Crippen LogP contribution is -2.26. The summed E-state index contributed by atoms with van der Waals surface area (Å²) in [6.45, 7) is 2.13. The first-order valence-corrected chi connectivity index (χ1v) is 5.97. The standard InChI is InChI=1S/C13H17FN2O/c1-2-3-8-7-12(8)16-13(17)9-4-5-11(15)10(14)6-9/h4-6,8,12H,2-3,7,15H2,1H3,(H,16,17). The Kier molecular flexibility index (Phi) is 3.31. The summed E-state index contributed by atoms with van der Waals surface area (Å²) in [5, 5.41) is 2.91. The van der Waals surface area contributed by atoms with Gasteiger partial charge < -0.3 is 11.1 Å². The Bertz CT molecular complexity index is 433. The molecule has 3 nitrogen and oxygen atoms in total. The largest absolute Gasteiger partial charge is 0.396 e. The van der Waals surface area contributed by atoms with Crippen molar-refractivity contribution in [2.24, 2.45) is 5.92 Å². The highest BCUT2D eigenvalue weighted by atomic mass is 19.1. The SMILES string of the molecule is CCCC1CC1NC(=O)c1ccc(N)c(F)c1. The second kappa shape index (κ2) is 4.73. The fourth-order valence-corrected chi connectivity index (χ4v) is 2.03. The van der Waals surface area contributed by atoms with E-state index < -0.39 is 5.82 Å². The van der Waals surface area contributed by atoms with Gasteiger partial charge in [0, 0.05) is 11.6 Å². The Labute approximate surface area is 100 Å². The summed E-state index contributed by atoms with van der Waals surface area (Å²) in [6.07, 6.45) is 3.31. The van der Waals surface area contributed by atoms with E-state index in [2.05, 4.69) is 12.2 Å². The van der Waals surface area contributed by atoms with E-state index in [9.17, 15) is 9.18 Å². The molecule has 1 aromatic carbocycles. The molecule has 1 fully saturated rings. The molecule has 0 radical (unpaired) electrons. The zero-order valence-electron chi connectivity index (χ0n) is 9.87. The van der Waals surface area contributed by atoms with Gasteiger partial charge in [0.15, 0.2) is 0 Å². The van der Waals surface area contributed by atoms with Crippen molar-refractivity contribution >= 4 is 11.6 Å². The second-order valence-corrected chi connectivity index (χ2v) is 4.60. The monoisotopic (exact) mass is 236 g/mol. The smallest absolute Gasteiger partial charge is 0.251 e. The first-order chi connectivity index (χ1) is 8.11. The molecule has 1 aliphatic carbocycles. The van der Waals surface area contributed by atoms with Crippen molar-refractivity contribution in [2.45, 2.75) is 32.2 Å². The zero-order valence-corrected chi connectivity index (χ0v) is 9.87. The molecule has 0 aromatic heterocycles. The first-order valence-electron chi connectivity index (χ1n) is 5.97. The van der Waals surface area contributed by atoms with Crippen LogP contribution in [-0.2, 0) is 0 Å². The molecule has 1 aromatic rings. The summed E-state index contributed by atoms with van der Waals surface area (Å²) >= 11 is 0. The van der Waals surface area contributed by atoms with Gasteiger partial charge in [-0.05, 0) is 37.0 Å². The molecule has 1 saturated carbocycles. The maximum Gasteiger partial charge on any atom is 0.251 e. The normalized spacial score (nSPS) is 22.2. The summed E-state index contributed by atoms with van der Waals surface area (Å²) in [6, 6.07) is 4.41. The minimum absolute atomic E-state index is 0.0665. The van der Waals surface area contributed by atoms with Gasteiger partial charge in [-0.3, -0.25) is 4.79 Å². The summed E-state index contributed by atoms with van der Waals surface area (Å²) in [4.78, 5) is 11.8. The summed E-state index contributed by atoms with van der Waals surface area (Å²) in [5.41, 5.74) is 5.76. The van der Waals surface area contributed by atoms with Gasteiger partial charge in [-0.15, -0.1) is 0 Å². The summed E-state index contributed by atoms with van der Waals surface area (Å²) < 4.78 is 13.2.